The van der Waals surface area contributed by atoms with E-state index in [1.165, 1.54) is 6.26 Å². The van der Waals surface area contributed by atoms with Gasteiger partial charge in [0.15, 0.2) is 0 Å². The van der Waals surface area contributed by atoms with Gasteiger partial charge >= 0.3 is 0 Å². The summed E-state index contributed by atoms with van der Waals surface area (Å²) in [7, 11) is -3.11. The monoisotopic (exact) mass is 271 g/mol. The van der Waals surface area contributed by atoms with Crippen molar-refractivity contribution in [1.29, 1.82) is 0 Å². The van der Waals surface area contributed by atoms with Gasteiger partial charge in [0, 0.05) is 18.4 Å². The van der Waals surface area contributed by atoms with Crippen molar-refractivity contribution < 1.29 is 13.2 Å². The van der Waals surface area contributed by atoms with E-state index in [9.17, 15) is 8.42 Å². The van der Waals surface area contributed by atoms with Crippen molar-refractivity contribution >= 4 is 10.0 Å². The minimum atomic E-state index is -3.11. The number of nitrogens with one attached hydrogen (secondary N) is 1. The van der Waals surface area contributed by atoms with Crippen LogP contribution in [0.4, 0.5) is 0 Å². The molecular formula is C11H17N3O3S. The number of nitrogens with zero attached hydrogens (tertiary/aromatic N) is 2. The molecule has 0 radical (unpaired) electrons. The molecule has 100 valence electrons. The first kappa shape index (κ1) is 13.2. The standard InChI is InChI=1S/C11H17N3O3S/c1-18(15,16)14-9-2-4-10(5-3-9)17-11-8-12-6-7-13-11/h6-10,14H,2-5H2,1H3. The average molecular weight is 271 g/mol. The number of aromatic nitrogens is 2. The van der Waals surface area contributed by atoms with Gasteiger partial charge in [0.05, 0.1) is 12.5 Å². The molecule has 0 spiro atoms. The molecular weight excluding hydrogens is 254 g/mol. The van der Waals surface area contributed by atoms with Crippen LogP contribution in [0, 0.1) is 0 Å². The molecule has 1 saturated carbocycles. The zero-order chi connectivity index (χ0) is 13.0. The summed E-state index contributed by atoms with van der Waals surface area (Å²) in [6, 6.07) is 0.0294. The van der Waals surface area contributed by atoms with Gasteiger partial charge in [0.1, 0.15) is 6.10 Å². The molecule has 0 bridgehead atoms. The fraction of sp³-hybridized carbons (Fsp3) is 0.636. The number of ether oxygens (including phenoxy) is 1. The van der Waals surface area contributed by atoms with Crippen molar-refractivity contribution in [3.05, 3.63) is 18.6 Å². The first-order chi connectivity index (χ1) is 8.53. The normalized spacial score (nSPS) is 24.7. The Morgan fingerprint density at radius 3 is 2.56 bits per heavy atom. The van der Waals surface area contributed by atoms with Crippen LogP contribution in [0.5, 0.6) is 5.88 Å². The fourth-order valence-corrected chi connectivity index (χ4v) is 2.96. The van der Waals surface area contributed by atoms with Crippen molar-refractivity contribution in [2.75, 3.05) is 6.26 Å². The molecule has 7 heteroatoms. The Morgan fingerprint density at radius 2 is 2.00 bits per heavy atom. The van der Waals surface area contributed by atoms with Gasteiger partial charge in [-0.15, -0.1) is 0 Å². The maximum Gasteiger partial charge on any atom is 0.232 e. The number of hydrogen-bond acceptors (Lipinski definition) is 5. The zero-order valence-corrected chi connectivity index (χ0v) is 11.1. The maximum atomic E-state index is 11.1. The van der Waals surface area contributed by atoms with Crippen molar-refractivity contribution in [1.82, 2.24) is 14.7 Å². The van der Waals surface area contributed by atoms with Crippen LogP contribution in [0.15, 0.2) is 18.6 Å². The van der Waals surface area contributed by atoms with Gasteiger partial charge in [-0.1, -0.05) is 0 Å². The SMILES string of the molecule is CS(=O)(=O)NC1CCC(Oc2cnccn2)CC1. The highest BCUT2D eigenvalue weighted by molar-refractivity contribution is 7.88. The van der Waals surface area contributed by atoms with Crippen LogP contribution < -0.4 is 9.46 Å². The van der Waals surface area contributed by atoms with E-state index in [2.05, 4.69) is 14.7 Å². The van der Waals surface area contributed by atoms with Gasteiger partial charge in [0.2, 0.25) is 15.9 Å². The summed E-state index contributed by atoms with van der Waals surface area (Å²) in [6.45, 7) is 0. The Hall–Kier alpha value is -1.21. The van der Waals surface area contributed by atoms with Crippen molar-refractivity contribution in [3.63, 3.8) is 0 Å². The highest BCUT2D eigenvalue weighted by atomic mass is 32.2. The summed E-state index contributed by atoms with van der Waals surface area (Å²) in [5, 5.41) is 0. The maximum absolute atomic E-state index is 11.1. The first-order valence-electron chi connectivity index (χ1n) is 5.93. The molecule has 1 N–H and O–H groups in total. The molecule has 1 aliphatic carbocycles. The van der Waals surface area contributed by atoms with Crippen LogP contribution in [0.2, 0.25) is 0 Å². The smallest absolute Gasteiger partial charge is 0.232 e. The molecule has 6 nitrogen and oxygen atoms in total. The van der Waals surface area contributed by atoms with Crippen LogP contribution in [0.25, 0.3) is 0 Å². The Labute approximate surface area is 107 Å². The fourth-order valence-electron chi connectivity index (χ4n) is 2.12. The third kappa shape index (κ3) is 4.23. The molecule has 0 aliphatic heterocycles. The summed E-state index contributed by atoms with van der Waals surface area (Å²) in [6.07, 6.45) is 9.28. The summed E-state index contributed by atoms with van der Waals surface area (Å²) in [4.78, 5) is 7.99. The summed E-state index contributed by atoms with van der Waals surface area (Å²) in [5.41, 5.74) is 0. The number of rotatable bonds is 4. The van der Waals surface area contributed by atoms with Crippen LogP contribution in [0.1, 0.15) is 25.7 Å². The van der Waals surface area contributed by atoms with Gasteiger partial charge in [-0.2, -0.15) is 0 Å². The first-order valence-corrected chi connectivity index (χ1v) is 7.82. The number of sulfonamides is 1. The Morgan fingerprint density at radius 1 is 1.28 bits per heavy atom. The molecule has 2 rings (SSSR count). The quantitative estimate of drug-likeness (QED) is 0.872. The van der Waals surface area contributed by atoms with Crippen LogP contribution in [-0.4, -0.2) is 36.8 Å². The highest BCUT2D eigenvalue weighted by Gasteiger charge is 2.24. The van der Waals surface area contributed by atoms with Crippen molar-refractivity contribution in [2.45, 2.75) is 37.8 Å². The summed E-state index contributed by atoms with van der Waals surface area (Å²) >= 11 is 0. The molecule has 1 aliphatic rings. The molecule has 0 atom stereocenters. The lowest BCUT2D eigenvalue weighted by Crippen LogP contribution is -2.39. The Kier molecular flexibility index (Phi) is 4.13. The second kappa shape index (κ2) is 5.62. The lowest BCUT2D eigenvalue weighted by atomic mass is 9.94. The molecule has 0 aromatic carbocycles. The predicted octanol–water partition coefficient (Wildman–Crippen LogP) is 0.716. The van der Waals surface area contributed by atoms with E-state index in [-0.39, 0.29) is 12.1 Å². The molecule has 0 amide bonds. The molecule has 1 aromatic rings. The molecule has 1 aromatic heterocycles. The second-order valence-corrected chi connectivity index (χ2v) is 6.31. The topological polar surface area (TPSA) is 81.2 Å². The van der Waals surface area contributed by atoms with Gasteiger partial charge in [-0.25, -0.2) is 18.1 Å². The van der Waals surface area contributed by atoms with Crippen LogP contribution in [0.3, 0.4) is 0 Å². The summed E-state index contributed by atoms with van der Waals surface area (Å²) < 4.78 is 30.5. The Balaban J connectivity index is 1.80. The molecule has 0 saturated heterocycles. The molecule has 18 heavy (non-hydrogen) atoms. The van der Waals surface area contributed by atoms with Gasteiger partial charge < -0.3 is 4.74 Å². The van der Waals surface area contributed by atoms with Crippen LogP contribution in [-0.2, 0) is 10.0 Å². The highest BCUT2D eigenvalue weighted by Crippen LogP contribution is 2.22. The van der Waals surface area contributed by atoms with Crippen LogP contribution >= 0.6 is 0 Å². The lowest BCUT2D eigenvalue weighted by molar-refractivity contribution is 0.138. The third-order valence-electron chi connectivity index (χ3n) is 2.88. The van der Waals surface area contributed by atoms with E-state index in [1.807, 2.05) is 0 Å². The molecule has 1 fully saturated rings. The van der Waals surface area contributed by atoms with Crippen molar-refractivity contribution in [2.24, 2.45) is 0 Å². The van der Waals surface area contributed by atoms with E-state index < -0.39 is 10.0 Å². The van der Waals surface area contributed by atoms with E-state index in [4.69, 9.17) is 4.74 Å². The van der Waals surface area contributed by atoms with E-state index in [0.29, 0.717) is 5.88 Å². The average Bonchev–Trinajstić information content (AvgIpc) is 2.31. The van der Waals surface area contributed by atoms with Gasteiger partial charge in [0.25, 0.3) is 0 Å². The van der Waals surface area contributed by atoms with Gasteiger partial charge in [-0.05, 0) is 25.7 Å². The largest absolute Gasteiger partial charge is 0.473 e. The minimum Gasteiger partial charge on any atom is -0.473 e. The second-order valence-electron chi connectivity index (χ2n) is 4.53. The zero-order valence-electron chi connectivity index (χ0n) is 10.2. The molecule has 0 unspecified atom stereocenters. The number of hydrogen-bond donors (Lipinski definition) is 1. The third-order valence-corrected chi connectivity index (χ3v) is 3.64. The predicted molar refractivity (Wildman–Crippen MR) is 66.7 cm³/mol. The van der Waals surface area contributed by atoms with Gasteiger partial charge in [-0.3, -0.25) is 4.98 Å². The minimum absolute atomic E-state index is 0.0294. The Bertz CT molecular complexity index is 470. The van der Waals surface area contributed by atoms with E-state index in [1.54, 1.807) is 18.6 Å². The molecule has 1 heterocycles. The van der Waals surface area contributed by atoms with E-state index in [0.717, 1.165) is 25.7 Å². The van der Waals surface area contributed by atoms with Crippen molar-refractivity contribution in [3.8, 4) is 5.88 Å². The van der Waals surface area contributed by atoms with E-state index >= 15 is 0 Å². The lowest BCUT2D eigenvalue weighted by Gasteiger charge is -2.28. The summed E-state index contributed by atoms with van der Waals surface area (Å²) in [5.74, 6) is 0.525.